The molecular formula is C28H31N3O7S2. The van der Waals surface area contributed by atoms with Gasteiger partial charge in [0.25, 0.3) is 0 Å². The Labute approximate surface area is 239 Å². The van der Waals surface area contributed by atoms with E-state index in [1.807, 2.05) is 56.7 Å². The minimum Gasteiger partial charge on any atom is -0.477 e. The molecule has 10 nitrogen and oxygen atoms in total. The van der Waals surface area contributed by atoms with Crippen LogP contribution >= 0.6 is 23.1 Å². The van der Waals surface area contributed by atoms with Crippen molar-refractivity contribution in [1.82, 2.24) is 14.3 Å². The number of aliphatic hydroxyl groups is 1. The van der Waals surface area contributed by atoms with Crippen molar-refractivity contribution in [2.45, 2.75) is 58.2 Å². The van der Waals surface area contributed by atoms with Crippen molar-refractivity contribution in [2.24, 2.45) is 11.3 Å². The van der Waals surface area contributed by atoms with Gasteiger partial charge in [0.05, 0.1) is 29.5 Å². The van der Waals surface area contributed by atoms with Gasteiger partial charge in [0.2, 0.25) is 5.91 Å². The molecule has 0 spiro atoms. The van der Waals surface area contributed by atoms with Gasteiger partial charge in [-0.2, -0.15) is 0 Å². The van der Waals surface area contributed by atoms with E-state index in [1.54, 1.807) is 6.33 Å². The number of carbonyl (C=O) groups excluding carboxylic acids is 2. The Bertz CT molecular complexity index is 1550. The molecule has 1 amide bonds. The summed E-state index contributed by atoms with van der Waals surface area (Å²) in [6, 6.07) is 3.22. The van der Waals surface area contributed by atoms with Crippen LogP contribution in [-0.4, -0.2) is 67.5 Å². The summed E-state index contributed by atoms with van der Waals surface area (Å²) in [5.74, 6) is -2.00. The average Bonchev–Trinajstić information content (AvgIpc) is 3.49. The number of carboxylic acids is 1. The molecular weight excluding hydrogens is 554 g/mol. The van der Waals surface area contributed by atoms with Crippen LogP contribution in [0.2, 0.25) is 0 Å². The van der Waals surface area contributed by atoms with Crippen LogP contribution in [0.3, 0.4) is 0 Å². The topological polar surface area (TPSA) is 131 Å². The zero-order valence-corrected chi connectivity index (χ0v) is 24.7. The van der Waals surface area contributed by atoms with E-state index in [2.05, 4.69) is 4.98 Å². The van der Waals surface area contributed by atoms with Crippen LogP contribution in [0.25, 0.3) is 10.4 Å². The number of benzene rings is 1. The Kier molecular flexibility index (Phi) is 7.22. The highest BCUT2D eigenvalue weighted by Crippen LogP contribution is 2.60. The summed E-state index contributed by atoms with van der Waals surface area (Å²) in [6.45, 7) is 8.98. The Hall–Kier alpha value is -3.35. The summed E-state index contributed by atoms with van der Waals surface area (Å²) in [5, 5.41) is 21.6. The fourth-order valence-corrected chi connectivity index (χ4v) is 8.11. The van der Waals surface area contributed by atoms with Crippen LogP contribution in [0.5, 0.6) is 5.75 Å². The minimum atomic E-state index is -1.23. The first-order valence-electron chi connectivity index (χ1n) is 12.8. The van der Waals surface area contributed by atoms with Crippen LogP contribution < -0.4 is 4.74 Å². The van der Waals surface area contributed by atoms with Gasteiger partial charge in [0.1, 0.15) is 27.6 Å². The Morgan fingerprint density at radius 1 is 1.25 bits per heavy atom. The summed E-state index contributed by atoms with van der Waals surface area (Å²) < 4.78 is 12.8. The third kappa shape index (κ3) is 4.38. The number of fused-ring (bicyclic) bond motifs is 2. The van der Waals surface area contributed by atoms with Crippen LogP contribution in [0.1, 0.15) is 41.8 Å². The smallest absolute Gasteiger partial charge is 0.477 e. The van der Waals surface area contributed by atoms with Gasteiger partial charge in [-0.25, -0.2) is 14.6 Å². The van der Waals surface area contributed by atoms with E-state index in [9.17, 15) is 24.6 Å². The first-order valence-corrected chi connectivity index (χ1v) is 14.9. The Balaban J connectivity index is 1.47. The number of hydrogen-bond donors (Lipinski definition) is 2. The quantitative estimate of drug-likeness (QED) is 0.168. The number of rotatable bonds is 8. The molecule has 2 aliphatic heterocycles. The first-order chi connectivity index (χ1) is 18.9. The zero-order valence-electron chi connectivity index (χ0n) is 23.0. The van der Waals surface area contributed by atoms with E-state index in [1.165, 1.54) is 34.9 Å². The molecule has 1 fully saturated rings. The number of aliphatic carboxylic acids is 1. The number of amides is 1. The van der Waals surface area contributed by atoms with E-state index in [0.717, 1.165) is 26.5 Å². The number of imidazole rings is 1. The minimum absolute atomic E-state index is 0.0807. The molecule has 0 aliphatic carbocycles. The van der Waals surface area contributed by atoms with Crippen molar-refractivity contribution >= 4 is 51.5 Å². The highest BCUT2D eigenvalue weighted by Gasteiger charge is 2.66. The molecule has 1 unspecified atom stereocenters. The molecule has 1 saturated heterocycles. The third-order valence-corrected chi connectivity index (χ3v) is 9.76. The first kappa shape index (κ1) is 28.2. The molecule has 3 aromatic rings. The maximum Gasteiger partial charge on any atom is 0.513 e. The molecule has 0 radical (unpaired) electrons. The highest BCUT2D eigenvalue weighted by atomic mass is 32.2. The maximum absolute atomic E-state index is 13.1. The molecule has 2 N–H and O–H groups in total. The lowest BCUT2D eigenvalue weighted by molar-refractivity contribution is -0.167. The number of ether oxygens (including phenoxy) is 2. The van der Waals surface area contributed by atoms with E-state index in [4.69, 9.17) is 9.47 Å². The van der Waals surface area contributed by atoms with Crippen molar-refractivity contribution < 1.29 is 34.1 Å². The second kappa shape index (κ2) is 10.2. The largest absolute Gasteiger partial charge is 0.513 e. The number of carbonyl (C=O) groups is 3. The number of hydrogen-bond acceptors (Lipinski definition) is 9. The van der Waals surface area contributed by atoms with Crippen molar-refractivity contribution in [3.05, 3.63) is 51.9 Å². The van der Waals surface area contributed by atoms with Gasteiger partial charge in [0, 0.05) is 17.2 Å². The summed E-state index contributed by atoms with van der Waals surface area (Å²) in [5.41, 5.74) is 2.11. The van der Waals surface area contributed by atoms with Gasteiger partial charge in [-0.1, -0.05) is 24.6 Å². The van der Waals surface area contributed by atoms with Crippen LogP contribution in [-0.2, 0) is 14.3 Å². The van der Waals surface area contributed by atoms with Crippen molar-refractivity contribution in [2.75, 3.05) is 12.9 Å². The molecule has 0 bridgehead atoms. The third-order valence-electron chi connectivity index (χ3n) is 7.82. The normalized spacial score (nSPS) is 22.9. The number of β-lactam (4-membered cyclic amide) rings is 1. The van der Waals surface area contributed by atoms with Gasteiger partial charge in [-0.05, 0) is 51.5 Å². The molecule has 4 heterocycles. The van der Waals surface area contributed by atoms with Gasteiger partial charge >= 0.3 is 12.1 Å². The van der Waals surface area contributed by atoms with Crippen LogP contribution in [0, 0.1) is 32.1 Å². The molecule has 1 aromatic carbocycles. The number of nitrogens with zero attached hydrogens (tertiary/aromatic N) is 3. The lowest BCUT2D eigenvalue weighted by Gasteiger charge is -2.50. The zero-order chi connectivity index (χ0) is 29.1. The number of aromatic nitrogens is 2. The SMILES string of the molecule is CSc1ncn2cc(C3=C(C(=O)O)N4C(=O)[C@H](C(C)O)[C@@H]4[C@@]3(C)CCOC(=O)Oc3c(C)cc(C)cc3C)sc12. The molecule has 40 heavy (non-hydrogen) atoms. The molecule has 2 aliphatic rings. The molecule has 2 aromatic heterocycles. The molecule has 12 heteroatoms. The number of aliphatic hydroxyl groups excluding tert-OH is 1. The maximum atomic E-state index is 13.1. The van der Waals surface area contributed by atoms with Gasteiger partial charge in [0.15, 0.2) is 0 Å². The highest BCUT2D eigenvalue weighted by molar-refractivity contribution is 7.98. The molecule has 5 rings (SSSR count). The van der Waals surface area contributed by atoms with Crippen LogP contribution in [0.15, 0.2) is 35.4 Å². The van der Waals surface area contributed by atoms with E-state index >= 15 is 0 Å². The van der Waals surface area contributed by atoms with Crippen molar-refractivity contribution in [1.29, 1.82) is 0 Å². The van der Waals surface area contributed by atoms with Crippen molar-refractivity contribution in [3.8, 4) is 5.75 Å². The predicted octanol–water partition coefficient (Wildman–Crippen LogP) is 4.67. The van der Waals surface area contributed by atoms with E-state index in [-0.39, 0.29) is 18.7 Å². The average molecular weight is 586 g/mol. The number of carboxylic acid groups (broad SMARTS) is 1. The fourth-order valence-electron chi connectivity index (χ4n) is 6.15. The molecule has 212 valence electrons. The molecule has 4 atom stereocenters. The van der Waals surface area contributed by atoms with E-state index in [0.29, 0.717) is 16.2 Å². The predicted molar refractivity (Wildman–Crippen MR) is 151 cm³/mol. The lowest BCUT2D eigenvalue weighted by Crippen LogP contribution is -2.66. The van der Waals surface area contributed by atoms with Gasteiger partial charge in [-0.3, -0.25) is 9.20 Å². The Morgan fingerprint density at radius 3 is 2.52 bits per heavy atom. The van der Waals surface area contributed by atoms with Gasteiger partial charge < -0.3 is 24.6 Å². The second-order valence-corrected chi connectivity index (χ2v) is 12.4. The lowest BCUT2D eigenvalue weighted by atomic mass is 9.66. The fraction of sp³-hybridized carbons (Fsp3) is 0.429. The molecule has 0 saturated carbocycles. The summed E-state index contributed by atoms with van der Waals surface area (Å²) >= 11 is 2.87. The van der Waals surface area contributed by atoms with Gasteiger partial charge in [-0.15, -0.1) is 23.1 Å². The van der Waals surface area contributed by atoms with Crippen LogP contribution in [0.4, 0.5) is 4.79 Å². The standard InChI is InChI=1S/C28H31N3O7S2/c1-13-9-14(2)21(15(3)10-13)38-27(36)37-8-7-28(5)19(17-11-30-12-29-23(39-6)25(30)40-17)20(26(34)35)31-22(28)18(16(4)32)24(31)33/h9-12,16,18,22,32H,7-8H2,1-6H3,(H,34,35)/t16?,18-,22-,28+/m1/s1. The van der Waals surface area contributed by atoms with Crippen molar-refractivity contribution in [3.63, 3.8) is 0 Å². The Morgan fingerprint density at radius 2 is 1.93 bits per heavy atom. The number of thiazole rings is 1. The monoisotopic (exact) mass is 585 g/mol. The number of aryl methyl sites for hydroxylation is 3. The summed E-state index contributed by atoms with van der Waals surface area (Å²) in [7, 11) is 0. The summed E-state index contributed by atoms with van der Waals surface area (Å²) in [6.07, 6.45) is 3.76. The second-order valence-electron chi connectivity index (χ2n) is 10.6. The number of thioether (sulfide) groups is 1. The summed E-state index contributed by atoms with van der Waals surface area (Å²) in [4.78, 5) is 45.6. The van der Waals surface area contributed by atoms with E-state index < -0.39 is 41.5 Å².